The van der Waals surface area contributed by atoms with Crippen LogP contribution in [0.2, 0.25) is 10.0 Å². The van der Waals surface area contributed by atoms with Crippen molar-refractivity contribution < 1.29 is 19.1 Å². The van der Waals surface area contributed by atoms with Crippen molar-refractivity contribution in [2.45, 2.75) is 6.61 Å². The van der Waals surface area contributed by atoms with Gasteiger partial charge in [-0.05, 0) is 35.9 Å². The highest BCUT2D eigenvalue weighted by Crippen LogP contribution is 2.32. The molecule has 0 aromatic heterocycles. The molecule has 0 amide bonds. The van der Waals surface area contributed by atoms with Crippen LogP contribution in [-0.4, -0.2) is 18.8 Å². The molecule has 1 aliphatic heterocycles. The molecule has 0 atom stereocenters. The number of carbonyl (C=O) groups is 1. The molecule has 0 radical (unpaired) electrons. The van der Waals surface area contributed by atoms with Gasteiger partial charge in [0.1, 0.15) is 12.3 Å². The van der Waals surface area contributed by atoms with Crippen molar-refractivity contribution in [1.82, 2.24) is 0 Å². The lowest BCUT2D eigenvalue weighted by Crippen LogP contribution is -2.06. The second-order valence-corrected chi connectivity index (χ2v) is 7.46. The number of hydrogen-bond donors (Lipinski definition) is 0. The van der Waals surface area contributed by atoms with Crippen molar-refractivity contribution in [3.05, 3.63) is 99.0 Å². The Labute approximate surface area is 189 Å². The number of halogens is 2. The van der Waals surface area contributed by atoms with Crippen molar-refractivity contribution in [3.63, 3.8) is 0 Å². The molecule has 31 heavy (non-hydrogen) atoms. The van der Waals surface area contributed by atoms with Crippen LogP contribution >= 0.6 is 23.2 Å². The van der Waals surface area contributed by atoms with Crippen LogP contribution in [0, 0.1) is 0 Å². The van der Waals surface area contributed by atoms with Gasteiger partial charge in [0.25, 0.3) is 0 Å². The monoisotopic (exact) mass is 453 g/mol. The van der Waals surface area contributed by atoms with E-state index in [1.54, 1.807) is 43.5 Å². The molecule has 3 aromatic rings. The Morgan fingerprint density at radius 3 is 2.42 bits per heavy atom. The number of carbonyl (C=O) groups excluding carboxylic acids is 1. The Morgan fingerprint density at radius 1 is 0.968 bits per heavy atom. The van der Waals surface area contributed by atoms with Crippen LogP contribution in [0.25, 0.3) is 6.08 Å². The molecule has 0 fully saturated rings. The predicted molar refractivity (Wildman–Crippen MR) is 121 cm³/mol. The third-order valence-corrected chi connectivity index (χ3v) is 5.38. The minimum absolute atomic E-state index is 0.187. The van der Waals surface area contributed by atoms with E-state index < -0.39 is 5.97 Å². The zero-order chi connectivity index (χ0) is 21.8. The van der Waals surface area contributed by atoms with Crippen molar-refractivity contribution >= 4 is 41.0 Å². The maximum atomic E-state index is 12.2. The van der Waals surface area contributed by atoms with Crippen LogP contribution in [0.15, 0.2) is 77.5 Å². The van der Waals surface area contributed by atoms with Crippen LogP contribution < -0.4 is 9.47 Å². The molecule has 0 saturated heterocycles. The fourth-order valence-corrected chi connectivity index (χ4v) is 3.60. The van der Waals surface area contributed by atoms with Crippen molar-refractivity contribution in [2.24, 2.45) is 5.16 Å². The zero-order valence-electron chi connectivity index (χ0n) is 16.5. The molecule has 0 N–H and O–H groups in total. The van der Waals surface area contributed by atoms with Gasteiger partial charge in [0.15, 0.2) is 11.5 Å². The minimum Gasteiger partial charge on any atom is -0.493 e. The number of ether oxygens (including phenoxy) is 2. The third-order valence-electron chi connectivity index (χ3n) is 4.67. The fourth-order valence-electron chi connectivity index (χ4n) is 3.09. The maximum absolute atomic E-state index is 12.2. The summed E-state index contributed by atoms with van der Waals surface area (Å²) >= 11 is 12.4. The molecule has 7 heteroatoms. The molecule has 4 rings (SSSR count). The molecule has 0 saturated carbocycles. The van der Waals surface area contributed by atoms with E-state index in [1.807, 2.05) is 36.4 Å². The molecule has 3 aromatic carbocycles. The SMILES string of the molecule is COc1cc(C=C2C(=O)ON=C2c2ccccc2)ccc1OCc1c(Cl)cccc1Cl. The summed E-state index contributed by atoms with van der Waals surface area (Å²) in [6.07, 6.45) is 1.71. The molecule has 0 aliphatic carbocycles. The molecular weight excluding hydrogens is 437 g/mol. The largest absolute Gasteiger partial charge is 0.493 e. The van der Waals surface area contributed by atoms with E-state index in [2.05, 4.69) is 5.16 Å². The topological polar surface area (TPSA) is 57.1 Å². The lowest BCUT2D eigenvalue weighted by Gasteiger charge is -2.13. The van der Waals surface area contributed by atoms with Crippen LogP contribution in [0.3, 0.4) is 0 Å². The summed E-state index contributed by atoms with van der Waals surface area (Å²) in [6, 6.07) is 20.0. The van der Waals surface area contributed by atoms with Gasteiger partial charge >= 0.3 is 5.97 Å². The Morgan fingerprint density at radius 2 is 1.71 bits per heavy atom. The summed E-state index contributed by atoms with van der Waals surface area (Å²) in [5.41, 5.74) is 3.07. The van der Waals surface area contributed by atoms with E-state index in [0.717, 1.165) is 11.1 Å². The van der Waals surface area contributed by atoms with E-state index >= 15 is 0 Å². The molecule has 0 spiro atoms. The average molecular weight is 454 g/mol. The first-order valence-electron chi connectivity index (χ1n) is 9.37. The van der Waals surface area contributed by atoms with Gasteiger partial charge in [-0.25, -0.2) is 4.79 Å². The second-order valence-electron chi connectivity index (χ2n) is 6.64. The van der Waals surface area contributed by atoms with Gasteiger partial charge in [-0.1, -0.05) is 70.8 Å². The predicted octanol–water partition coefficient (Wildman–Crippen LogP) is 5.93. The highest BCUT2D eigenvalue weighted by Gasteiger charge is 2.26. The van der Waals surface area contributed by atoms with Crippen molar-refractivity contribution in [2.75, 3.05) is 7.11 Å². The van der Waals surface area contributed by atoms with Crippen LogP contribution in [0.5, 0.6) is 11.5 Å². The summed E-state index contributed by atoms with van der Waals surface area (Å²) in [6.45, 7) is 0.187. The molecule has 5 nitrogen and oxygen atoms in total. The van der Waals surface area contributed by atoms with Crippen molar-refractivity contribution in [3.8, 4) is 11.5 Å². The minimum atomic E-state index is -0.508. The molecule has 1 aliphatic rings. The number of hydrogen-bond acceptors (Lipinski definition) is 5. The van der Waals surface area contributed by atoms with Gasteiger partial charge in [0.2, 0.25) is 0 Å². The van der Waals surface area contributed by atoms with Gasteiger partial charge in [-0.3, -0.25) is 0 Å². The van der Waals surface area contributed by atoms with E-state index in [4.69, 9.17) is 37.5 Å². The highest BCUT2D eigenvalue weighted by atomic mass is 35.5. The number of methoxy groups -OCH3 is 1. The summed E-state index contributed by atoms with van der Waals surface area (Å²) in [4.78, 5) is 17.1. The first-order chi connectivity index (χ1) is 15.1. The summed E-state index contributed by atoms with van der Waals surface area (Å²) in [7, 11) is 1.54. The number of rotatable bonds is 6. The first kappa shape index (κ1) is 21.0. The molecule has 1 heterocycles. The Kier molecular flexibility index (Phi) is 6.26. The quantitative estimate of drug-likeness (QED) is 0.343. The zero-order valence-corrected chi connectivity index (χ0v) is 18.0. The van der Waals surface area contributed by atoms with E-state index in [-0.39, 0.29) is 6.61 Å². The third kappa shape index (κ3) is 4.58. The first-order valence-corrected chi connectivity index (χ1v) is 10.1. The Balaban J connectivity index is 1.59. The molecular formula is C24H17Cl2NO4. The van der Waals surface area contributed by atoms with Crippen LogP contribution in [0.4, 0.5) is 0 Å². The normalized spacial score (nSPS) is 14.4. The number of oxime groups is 1. The van der Waals surface area contributed by atoms with Gasteiger partial charge in [0.05, 0.1) is 12.7 Å². The number of nitrogens with zero attached hydrogens (tertiary/aromatic N) is 1. The Bertz CT molecular complexity index is 1170. The summed E-state index contributed by atoms with van der Waals surface area (Å²) in [5.74, 6) is 0.514. The summed E-state index contributed by atoms with van der Waals surface area (Å²) < 4.78 is 11.4. The fraction of sp³-hybridized carbons (Fsp3) is 0.0833. The van der Waals surface area contributed by atoms with Crippen LogP contribution in [-0.2, 0) is 16.2 Å². The van der Waals surface area contributed by atoms with Crippen molar-refractivity contribution in [1.29, 1.82) is 0 Å². The van der Waals surface area contributed by atoms with Gasteiger partial charge in [0, 0.05) is 21.2 Å². The van der Waals surface area contributed by atoms with E-state index in [9.17, 15) is 4.79 Å². The van der Waals surface area contributed by atoms with Gasteiger partial charge in [-0.2, -0.15) is 0 Å². The maximum Gasteiger partial charge on any atom is 0.368 e. The summed E-state index contributed by atoms with van der Waals surface area (Å²) in [5, 5.41) is 4.98. The smallest absolute Gasteiger partial charge is 0.368 e. The van der Waals surface area contributed by atoms with E-state index in [0.29, 0.717) is 38.4 Å². The molecule has 0 unspecified atom stereocenters. The Hall–Kier alpha value is -3.28. The highest BCUT2D eigenvalue weighted by molar-refractivity contribution is 6.36. The van der Waals surface area contributed by atoms with Gasteiger partial charge in [-0.15, -0.1) is 0 Å². The molecule has 156 valence electrons. The van der Waals surface area contributed by atoms with E-state index in [1.165, 1.54) is 0 Å². The average Bonchev–Trinajstić information content (AvgIpc) is 3.14. The molecule has 0 bridgehead atoms. The van der Waals surface area contributed by atoms with Crippen LogP contribution in [0.1, 0.15) is 16.7 Å². The number of benzene rings is 3. The van der Waals surface area contributed by atoms with Gasteiger partial charge < -0.3 is 14.3 Å². The lowest BCUT2D eigenvalue weighted by atomic mass is 10.0. The lowest BCUT2D eigenvalue weighted by molar-refractivity contribution is -0.136. The second kappa shape index (κ2) is 9.25. The standard InChI is InChI=1S/C24H17Cl2NO4/c1-29-22-13-15(10-11-21(22)30-14-18-19(25)8-5-9-20(18)26)12-17-23(27-31-24(17)28)16-6-3-2-4-7-16/h2-13H,14H2,1H3.